The molecule has 0 radical (unpaired) electrons. The van der Waals surface area contributed by atoms with E-state index in [2.05, 4.69) is 88.6 Å². The zero-order valence-corrected chi connectivity index (χ0v) is 16.0. The van der Waals surface area contributed by atoms with Crippen LogP contribution in [-0.2, 0) is 0 Å². The molecular formula is C23H26N2. The van der Waals surface area contributed by atoms with Gasteiger partial charge in [-0.15, -0.1) is 0 Å². The molecule has 0 saturated heterocycles. The molecule has 25 heavy (non-hydrogen) atoms. The molecule has 0 atom stereocenters. The van der Waals surface area contributed by atoms with Crippen molar-refractivity contribution in [2.45, 2.75) is 41.5 Å². The maximum Gasteiger partial charge on any atom is 0.0661 e. The first kappa shape index (κ1) is 17.2. The molecule has 0 unspecified atom stereocenters. The molecule has 3 rings (SSSR count). The fraction of sp³-hybridized carbons (Fsp3) is 0.261. The molecule has 128 valence electrons. The van der Waals surface area contributed by atoms with Gasteiger partial charge in [0.15, 0.2) is 0 Å². The molecule has 0 saturated carbocycles. The Balaban J connectivity index is 2.01. The standard InChI is InChI=1S/C23H26N2/c1-15-10-11-22(12-17(15)3)25-18(4)13-21(20(25)6)14-24-23-9-7-8-16(2)19(23)5/h7-14H,1-6H3. The summed E-state index contributed by atoms with van der Waals surface area (Å²) >= 11 is 0. The van der Waals surface area contributed by atoms with E-state index in [-0.39, 0.29) is 0 Å². The van der Waals surface area contributed by atoms with Crippen LogP contribution in [0.5, 0.6) is 0 Å². The van der Waals surface area contributed by atoms with Crippen LogP contribution >= 0.6 is 0 Å². The van der Waals surface area contributed by atoms with Gasteiger partial charge in [0.2, 0.25) is 0 Å². The Bertz CT molecular complexity index is 958. The molecule has 3 aromatic rings. The lowest BCUT2D eigenvalue weighted by Gasteiger charge is -2.11. The fourth-order valence-corrected chi connectivity index (χ4v) is 3.19. The molecule has 0 bridgehead atoms. The maximum atomic E-state index is 4.74. The van der Waals surface area contributed by atoms with Gasteiger partial charge in [-0.05, 0) is 88.1 Å². The molecule has 0 aliphatic carbocycles. The van der Waals surface area contributed by atoms with Crippen molar-refractivity contribution in [3.8, 4) is 5.69 Å². The predicted molar refractivity (Wildman–Crippen MR) is 108 cm³/mol. The lowest BCUT2D eigenvalue weighted by atomic mass is 10.1. The number of aliphatic imine (C=N–C) groups is 1. The average Bonchev–Trinajstić information content (AvgIpc) is 2.86. The Morgan fingerprint density at radius 3 is 2.28 bits per heavy atom. The Morgan fingerprint density at radius 1 is 0.800 bits per heavy atom. The number of hydrogen-bond donors (Lipinski definition) is 0. The molecule has 1 heterocycles. The summed E-state index contributed by atoms with van der Waals surface area (Å²) in [6, 6.07) is 15.1. The zero-order chi connectivity index (χ0) is 18.1. The summed E-state index contributed by atoms with van der Waals surface area (Å²) in [5.41, 5.74) is 11.0. The third-order valence-corrected chi connectivity index (χ3v) is 5.14. The van der Waals surface area contributed by atoms with Crippen LogP contribution in [0.2, 0.25) is 0 Å². The first-order valence-corrected chi connectivity index (χ1v) is 8.75. The summed E-state index contributed by atoms with van der Waals surface area (Å²) in [5.74, 6) is 0. The number of rotatable bonds is 3. The van der Waals surface area contributed by atoms with Crippen molar-refractivity contribution >= 4 is 11.9 Å². The van der Waals surface area contributed by atoms with Crippen LogP contribution in [0.3, 0.4) is 0 Å². The second kappa shape index (κ2) is 6.72. The van der Waals surface area contributed by atoms with Crippen molar-refractivity contribution in [2.75, 3.05) is 0 Å². The van der Waals surface area contributed by atoms with E-state index in [0.29, 0.717) is 0 Å². The third kappa shape index (κ3) is 3.30. The monoisotopic (exact) mass is 330 g/mol. The lowest BCUT2D eigenvalue weighted by molar-refractivity contribution is 0.961. The maximum absolute atomic E-state index is 4.74. The molecule has 0 fully saturated rings. The topological polar surface area (TPSA) is 17.3 Å². The van der Waals surface area contributed by atoms with Crippen LogP contribution in [0, 0.1) is 41.5 Å². The minimum atomic E-state index is 1.04. The predicted octanol–water partition coefficient (Wildman–Crippen LogP) is 6.08. The van der Waals surface area contributed by atoms with Gasteiger partial charge in [0.05, 0.1) is 5.69 Å². The highest BCUT2D eigenvalue weighted by molar-refractivity contribution is 5.84. The van der Waals surface area contributed by atoms with E-state index >= 15 is 0 Å². The Morgan fingerprint density at radius 2 is 1.56 bits per heavy atom. The number of aromatic nitrogens is 1. The molecule has 0 spiro atoms. The van der Waals surface area contributed by atoms with Gasteiger partial charge in [0.1, 0.15) is 0 Å². The Kier molecular flexibility index (Phi) is 4.63. The van der Waals surface area contributed by atoms with Crippen molar-refractivity contribution in [1.29, 1.82) is 0 Å². The molecule has 0 N–H and O–H groups in total. The van der Waals surface area contributed by atoms with Gasteiger partial charge in [-0.25, -0.2) is 0 Å². The zero-order valence-electron chi connectivity index (χ0n) is 16.0. The van der Waals surface area contributed by atoms with Crippen LogP contribution in [0.1, 0.15) is 39.2 Å². The molecule has 0 aliphatic heterocycles. The van der Waals surface area contributed by atoms with Gasteiger partial charge >= 0.3 is 0 Å². The molecule has 2 nitrogen and oxygen atoms in total. The number of nitrogens with zero attached hydrogens (tertiary/aromatic N) is 2. The Labute approximate surface area is 150 Å². The minimum absolute atomic E-state index is 1.04. The average molecular weight is 330 g/mol. The van der Waals surface area contributed by atoms with Gasteiger partial charge in [0, 0.05) is 28.9 Å². The normalized spacial score (nSPS) is 11.4. The summed E-state index contributed by atoms with van der Waals surface area (Å²) in [6.07, 6.45) is 1.99. The van der Waals surface area contributed by atoms with Crippen LogP contribution in [0.25, 0.3) is 5.69 Å². The number of hydrogen-bond acceptors (Lipinski definition) is 1. The van der Waals surface area contributed by atoms with Gasteiger partial charge in [-0.3, -0.25) is 4.99 Å². The van der Waals surface area contributed by atoms with Gasteiger partial charge in [-0.2, -0.15) is 0 Å². The summed E-state index contributed by atoms with van der Waals surface area (Å²) in [5, 5.41) is 0. The van der Waals surface area contributed by atoms with E-state index in [9.17, 15) is 0 Å². The van der Waals surface area contributed by atoms with Crippen molar-refractivity contribution < 1.29 is 0 Å². The van der Waals surface area contributed by atoms with E-state index in [1.54, 1.807) is 0 Å². The van der Waals surface area contributed by atoms with Gasteiger partial charge in [0.25, 0.3) is 0 Å². The first-order chi connectivity index (χ1) is 11.9. The smallest absolute Gasteiger partial charge is 0.0661 e. The third-order valence-electron chi connectivity index (χ3n) is 5.14. The van der Waals surface area contributed by atoms with E-state index in [4.69, 9.17) is 4.99 Å². The quantitative estimate of drug-likeness (QED) is 0.518. The number of benzene rings is 2. The largest absolute Gasteiger partial charge is 0.318 e. The fourth-order valence-electron chi connectivity index (χ4n) is 3.19. The lowest BCUT2D eigenvalue weighted by Crippen LogP contribution is -2.00. The SMILES string of the molecule is Cc1ccc(-n2c(C)cc(C=Nc3cccc(C)c3C)c2C)cc1C. The van der Waals surface area contributed by atoms with Crippen LogP contribution < -0.4 is 0 Å². The minimum Gasteiger partial charge on any atom is -0.318 e. The van der Waals surface area contributed by atoms with Crippen molar-refractivity contribution in [3.05, 3.63) is 81.7 Å². The van der Waals surface area contributed by atoms with E-state index in [0.717, 1.165) is 11.3 Å². The highest BCUT2D eigenvalue weighted by Gasteiger charge is 2.10. The molecule has 2 aromatic carbocycles. The van der Waals surface area contributed by atoms with E-state index in [1.165, 1.54) is 39.3 Å². The molecule has 1 aromatic heterocycles. The number of aryl methyl sites for hydroxylation is 4. The summed E-state index contributed by atoms with van der Waals surface area (Å²) in [6.45, 7) is 12.9. The van der Waals surface area contributed by atoms with Crippen LogP contribution in [0.15, 0.2) is 47.5 Å². The molecule has 2 heteroatoms. The van der Waals surface area contributed by atoms with Crippen molar-refractivity contribution in [2.24, 2.45) is 4.99 Å². The highest BCUT2D eigenvalue weighted by Crippen LogP contribution is 2.24. The van der Waals surface area contributed by atoms with Crippen LogP contribution in [0.4, 0.5) is 5.69 Å². The van der Waals surface area contributed by atoms with Crippen LogP contribution in [-0.4, -0.2) is 10.8 Å². The van der Waals surface area contributed by atoms with Crippen molar-refractivity contribution in [1.82, 2.24) is 4.57 Å². The molecular weight excluding hydrogens is 304 g/mol. The first-order valence-electron chi connectivity index (χ1n) is 8.75. The molecule has 0 amide bonds. The Hall–Kier alpha value is -2.61. The van der Waals surface area contributed by atoms with Gasteiger partial charge < -0.3 is 4.57 Å². The van der Waals surface area contributed by atoms with E-state index in [1.807, 2.05) is 6.21 Å². The second-order valence-electron chi connectivity index (χ2n) is 6.91. The van der Waals surface area contributed by atoms with E-state index < -0.39 is 0 Å². The summed E-state index contributed by atoms with van der Waals surface area (Å²) < 4.78 is 2.30. The highest BCUT2D eigenvalue weighted by atomic mass is 15.0. The summed E-state index contributed by atoms with van der Waals surface area (Å²) in [7, 11) is 0. The molecule has 0 aliphatic rings. The van der Waals surface area contributed by atoms with Crippen molar-refractivity contribution in [3.63, 3.8) is 0 Å². The second-order valence-corrected chi connectivity index (χ2v) is 6.91. The summed E-state index contributed by atoms with van der Waals surface area (Å²) in [4.78, 5) is 4.74. The van der Waals surface area contributed by atoms with Gasteiger partial charge in [-0.1, -0.05) is 18.2 Å².